The molecule has 1 fully saturated rings. The maximum absolute atomic E-state index is 5.40. The molecule has 1 aliphatic rings. The third-order valence-corrected chi connectivity index (χ3v) is 5.36. The van der Waals surface area contributed by atoms with E-state index in [0.29, 0.717) is 18.0 Å². The lowest BCUT2D eigenvalue weighted by Crippen LogP contribution is -2.44. The van der Waals surface area contributed by atoms with Crippen LogP contribution in [0.3, 0.4) is 0 Å². The lowest BCUT2D eigenvalue weighted by atomic mass is 10.2. The first-order valence-electron chi connectivity index (χ1n) is 10.3. The summed E-state index contributed by atoms with van der Waals surface area (Å²) in [6.07, 6.45) is 1.01. The van der Waals surface area contributed by atoms with Crippen molar-refractivity contribution in [3.63, 3.8) is 0 Å². The van der Waals surface area contributed by atoms with Crippen molar-refractivity contribution in [3.8, 4) is 23.0 Å². The van der Waals surface area contributed by atoms with E-state index in [-0.39, 0.29) is 30.0 Å². The molecule has 1 unspecified atom stereocenters. The zero-order valence-corrected chi connectivity index (χ0v) is 21.6. The van der Waals surface area contributed by atoms with Crippen LogP contribution in [0.1, 0.15) is 12.0 Å². The lowest BCUT2D eigenvalue weighted by Gasteiger charge is -2.21. The van der Waals surface area contributed by atoms with Gasteiger partial charge in [-0.3, -0.25) is 4.99 Å². The fourth-order valence-corrected chi connectivity index (χ4v) is 3.65. The Morgan fingerprint density at radius 2 is 1.66 bits per heavy atom. The summed E-state index contributed by atoms with van der Waals surface area (Å²) in [7, 11) is 8.39. The maximum Gasteiger partial charge on any atom is 0.191 e. The van der Waals surface area contributed by atoms with Gasteiger partial charge >= 0.3 is 0 Å². The Labute approximate surface area is 207 Å². The Kier molecular flexibility index (Phi) is 10.0. The molecule has 9 heteroatoms. The molecule has 0 aliphatic carbocycles. The second-order valence-corrected chi connectivity index (χ2v) is 7.26. The van der Waals surface area contributed by atoms with Crippen molar-refractivity contribution in [3.05, 3.63) is 42.0 Å². The minimum Gasteiger partial charge on any atom is -0.497 e. The predicted octanol–water partition coefficient (Wildman–Crippen LogP) is 3.28. The van der Waals surface area contributed by atoms with E-state index >= 15 is 0 Å². The van der Waals surface area contributed by atoms with Gasteiger partial charge in [0.2, 0.25) is 0 Å². The van der Waals surface area contributed by atoms with Crippen LogP contribution in [0.2, 0.25) is 0 Å². The van der Waals surface area contributed by atoms with Gasteiger partial charge in [-0.15, -0.1) is 24.0 Å². The van der Waals surface area contributed by atoms with Crippen molar-refractivity contribution >= 4 is 35.6 Å². The summed E-state index contributed by atoms with van der Waals surface area (Å²) in [6.45, 7) is 2.44. The Balaban J connectivity index is 0.00000363. The molecule has 2 N–H and O–H groups in total. The molecule has 1 aliphatic heterocycles. The van der Waals surface area contributed by atoms with Crippen molar-refractivity contribution in [2.75, 3.05) is 53.5 Å². The molecule has 1 saturated heterocycles. The van der Waals surface area contributed by atoms with Gasteiger partial charge in [-0.1, -0.05) is 6.07 Å². The van der Waals surface area contributed by atoms with Gasteiger partial charge in [0.05, 0.1) is 28.4 Å². The Morgan fingerprint density at radius 1 is 0.969 bits per heavy atom. The third-order valence-electron chi connectivity index (χ3n) is 5.36. The summed E-state index contributed by atoms with van der Waals surface area (Å²) in [5.41, 5.74) is 2.17. The lowest BCUT2D eigenvalue weighted by molar-refractivity contribution is 0.354. The molecular formula is C23H33IN4O4. The molecule has 2 aromatic carbocycles. The van der Waals surface area contributed by atoms with Crippen molar-refractivity contribution in [1.29, 1.82) is 0 Å². The molecule has 1 atom stereocenters. The number of anilines is 1. The third kappa shape index (κ3) is 6.47. The van der Waals surface area contributed by atoms with Gasteiger partial charge in [0.15, 0.2) is 17.5 Å². The number of ether oxygens (including phenoxy) is 4. The van der Waals surface area contributed by atoms with E-state index in [9.17, 15) is 0 Å². The van der Waals surface area contributed by atoms with Crippen LogP contribution in [-0.4, -0.2) is 60.6 Å². The second kappa shape index (κ2) is 12.5. The second-order valence-electron chi connectivity index (χ2n) is 7.26. The van der Waals surface area contributed by atoms with Gasteiger partial charge in [-0.2, -0.15) is 0 Å². The van der Waals surface area contributed by atoms with Crippen LogP contribution in [-0.2, 0) is 6.54 Å². The van der Waals surface area contributed by atoms with Gasteiger partial charge in [0.25, 0.3) is 0 Å². The first kappa shape index (κ1) is 25.7. The number of rotatable bonds is 8. The average molecular weight is 556 g/mol. The number of nitrogens with zero attached hydrogens (tertiary/aromatic N) is 2. The zero-order chi connectivity index (χ0) is 22.2. The van der Waals surface area contributed by atoms with Crippen LogP contribution in [0.4, 0.5) is 5.69 Å². The average Bonchev–Trinajstić information content (AvgIpc) is 3.29. The van der Waals surface area contributed by atoms with E-state index < -0.39 is 0 Å². The van der Waals surface area contributed by atoms with Crippen LogP contribution in [0.25, 0.3) is 0 Å². The van der Waals surface area contributed by atoms with Crippen LogP contribution >= 0.6 is 24.0 Å². The molecule has 32 heavy (non-hydrogen) atoms. The summed E-state index contributed by atoms with van der Waals surface area (Å²) in [5, 5.41) is 6.90. The van der Waals surface area contributed by atoms with Gasteiger partial charge in [0.1, 0.15) is 11.5 Å². The topological polar surface area (TPSA) is 76.6 Å². The number of nitrogens with one attached hydrogen (secondary N) is 2. The van der Waals surface area contributed by atoms with Crippen molar-refractivity contribution in [2.24, 2.45) is 4.99 Å². The summed E-state index contributed by atoms with van der Waals surface area (Å²) >= 11 is 0. The number of methoxy groups -OCH3 is 4. The molecule has 0 bridgehead atoms. The van der Waals surface area contributed by atoms with E-state index in [1.807, 2.05) is 36.4 Å². The minimum absolute atomic E-state index is 0. The molecule has 0 radical (unpaired) electrons. The van der Waals surface area contributed by atoms with Gasteiger partial charge in [0, 0.05) is 56.6 Å². The highest BCUT2D eigenvalue weighted by atomic mass is 127. The zero-order valence-electron chi connectivity index (χ0n) is 19.3. The highest BCUT2D eigenvalue weighted by Gasteiger charge is 2.24. The minimum atomic E-state index is 0. The SMILES string of the molecule is CN=C(NCc1ccc(OC)c(OC)c1)NC1CCN(c2cc(OC)cc(OC)c2)C1.I. The number of guanidine groups is 1. The Bertz CT molecular complexity index is 887. The molecule has 176 valence electrons. The Morgan fingerprint density at radius 3 is 2.25 bits per heavy atom. The van der Waals surface area contributed by atoms with Crippen LogP contribution in [0.15, 0.2) is 41.4 Å². The molecule has 2 aromatic rings. The normalized spacial score (nSPS) is 15.6. The number of hydrogen-bond acceptors (Lipinski definition) is 6. The smallest absolute Gasteiger partial charge is 0.191 e. The fraction of sp³-hybridized carbons (Fsp3) is 0.435. The summed E-state index contributed by atoms with van der Waals surface area (Å²) in [4.78, 5) is 6.70. The molecular weight excluding hydrogens is 523 g/mol. The molecule has 0 saturated carbocycles. The van der Waals surface area contributed by atoms with Crippen LogP contribution in [0, 0.1) is 0 Å². The van der Waals surface area contributed by atoms with Crippen molar-refractivity contribution in [2.45, 2.75) is 19.0 Å². The standard InChI is InChI=1S/C23H32N4O4.HI/c1-24-23(25-14-16-6-7-21(30-4)22(10-16)31-5)26-17-8-9-27(15-17)18-11-19(28-2)13-20(12-18)29-3;/h6-7,10-13,17H,8-9,14-15H2,1-5H3,(H2,24,25,26);1H. The van der Waals surface area contributed by atoms with Gasteiger partial charge in [-0.25, -0.2) is 0 Å². The molecule has 1 heterocycles. The largest absolute Gasteiger partial charge is 0.497 e. The van der Waals surface area contributed by atoms with E-state index in [4.69, 9.17) is 18.9 Å². The van der Waals surface area contributed by atoms with Crippen molar-refractivity contribution < 1.29 is 18.9 Å². The van der Waals surface area contributed by atoms with Gasteiger partial charge < -0.3 is 34.5 Å². The summed E-state index contributed by atoms with van der Waals surface area (Å²) < 4.78 is 21.5. The maximum atomic E-state index is 5.40. The number of benzene rings is 2. The van der Waals surface area contributed by atoms with E-state index in [2.05, 4.69) is 20.5 Å². The highest BCUT2D eigenvalue weighted by Crippen LogP contribution is 2.30. The predicted molar refractivity (Wildman–Crippen MR) is 138 cm³/mol. The number of hydrogen-bond donors (Lipinski definition) is 2. The Hall–Kier alpha value is -2.56. The van der Waals surface area contributed by atoms with Crippen LogP contribution < -0.4 is 34.5 Å². The highest BCUT2D eigenvalue weighted by molar-refractivity contribution is 14.0. The van der Waals surface area contributed by atoms with E-state index in [1.165, 1.54) is 0 Å². The molecule has 3 rings (SSSR count). The number of aliphatic imine (C=N–C) groups is 1. The summed E-state index contributed by atoms with van der Waals surface area (Å²) in [5.74, 6) is 3.78. The fourth-order valence-electron chi connectivity index (χ4n) is 3.65. The number of halogens is 1. The quantitative estimate of drug-likeness (QED) is 0.294. The molecule has 0 spiro atoms. The molecule has 0 aromatic heterocycles. The van der Waals surface area contributed by atoms with Crippen LogP contribution in [0.5, 0.6) is 23.0 Å². The van der Waals surface area contributed by atoms with Gasteiger partial charge in [-0.05, 0) is 24.1 Å². The first-order chi connectivity index (χ1) is 15.1. The first-order valence-corrected chi connectivity index (χ1v) is 10.3. The molecule has 0 amide bonds. The summed E-state index contributed by atoms with van der Waals surface area (Å²) in [6, 6.07) is 12.1. The monoisotopic (exact) mass is 556 g/mol. The van der Waals surface area contributed by atoms with E-state index in [1.54, 1.807) is 35.5 Å². The van der Waals surface area contributed by atoms with E-state index in [0.717, 1.165) is 48.2 Å². The van der Waals surface area contributed by atoms with Crippen molar-refractivity contribution in [1.82, 2.24) is 10.6 Å². The molecule has 8 nitrogen and oxygen atoms in total.